The van der Waals surface area contributed by atoms with Gasteiger partial charge in [0.2, 0.25) is 0 Å². The molecule has 3 aliphatic rings. The lowest BCUT2D eigenvalue weighted by atomic mass is 9.88. The summed E-state index contributed by atoms with van der Waals surface area (Å²) in [6.45, 7) is 0. The first-order valence-electron chi connectivity index (χ1n) is 12.2. The lowest BCUT2D eigenvalue weighted by molar-refractivity contribution is -0.176. The predicted molar refractivity (Wildman–Crippen MR) is 136 cm³/mol. The molecule has 1 saturated heterocycles. The third-order valence-corrected chi connectivity index (χ3v) is 10.0. The lowest BCUT2D eigenvalue weighted by Crippen LogP contribution is -2.44. The maximum absolute atomic E-state index is 13.1. The summed E-state index contributed by atoms with van der Waals surface area (Å²) in [5.74, 6) is -6.22. The molecule has 12 heteroatoms. The summed E-state index contributed by atoms with van der Waals surface area (Å²) in [4.78, 5) is 38.5. The molecule has 8 nitrogen and oxygen atoms in total. The number of rotatable bonds is 6. The van der Waals surface area contributed by atoms with Crippen molar-refractivity contribution in [1.82, 2.24) is 0 Å². The Hall–Kier alpha value is -3.61. The molecule has 1 heterocycles. The molecule has 2 saturated carbocycles. The zero-order chi connectivity index (χ0) is 28.7. The Morgan fingerprint density at radius 2 is 1.30 bits per heavy atom. The van der Waals surface area contributed by atoms with Crippen molar-refractivity contribution in [2.45, 2.75) is 38.6 Å². The van der Waals surface area contributed by atoms with E-state index in [1.807, 2.05) is 0 Å². The van der Waals surface area contributed by atoms with Crippen molar-refractivity contribution in [3.8, 4) is 0 Å². The molecular weight excluding hydrogens is 566 g/mol. The number of carbonyl (C=O) groups excluding carboxylic acids is 3. The van der Waals surface area contributed by atoms with Crippen molar-refractivity contribution in [2.24, 2.45) is 17.8 Å². The number of alkyl halides is 2. The van der Waals surface area contributed by atoms with E-state index in [2.05, 4.69) is 95.7 Å². The minimum Gasteiger partial charge on any atom is -0.743 e. The van der Waals surface area contributed by atoms with Crippen molar-refractivity contribution in [3.05, 3.63) is 91.0 Å². The van der Waals surface area contributed by atoms with Crippen LogP contribution < -0.4 is 0 Å². The third kappa shape index (κ3) is 5.02. The van der Waals surface area contributed by atoms with Crippen molar-refractivity contribution in [3.63, 3.8) is 0 Å². The van der Waals surface area contributed by atoms with Gasteiger partial charge in [0.25, 0.3) is 0 Å². The maximum atomic E-state index is 13.1. The second kappa shape index (κ2) is 10.8. The number of fused-ring (bicyclic) bond motifs is 1. The van der Waals surface area contributed by atoms with Gasteiger partial charge < -0.3 is 14.0 Å². The van der Waals surface area contributed by atoms with Crippen molar-refractivity contribution in [1.29, 1.82) is 0 Å². The van der Waals surface area contributed by atoms with E-state index >= 15 is 0 Å². The molecule has 6 rings (SSSR count). The van der Waals surface area contributed by atoms with E-state index in [9.17, 15) is 36.1 Å². The van der Waals surface area contributed by atoms with Gasteiger partial charge in [-0.2, -0.15) is 8.78 Å². The first-order valence-corrected chi connectivity index (χ1v) is 14.8. The van der Waals surface area contributed by atoms with Crippen LogP contribution in [0.3, 0.4) is 0 Å². The largest absolute Gasteiger partial charge is 0.743 e. The number of benzene rings is 3. The molecular formula is C28H22F2O8S2. The molecule has 0 radical (unpaired) electrons. The molecule has 5 unspecified atom stereocenters. The topological polar surface area (TPSA) is 127 Å². The van der Waals surface area contributed by atoms with Crippen LogP contribution in [0.4, 0.5) is 8.78 Å². The number of Topliss-reactive ketones (excluding diaryl/α,β-unsaturated/α-hetero) is 1. The second-order valence-electron chi connectivity index (χ2n) is 9.36. The highest BCUT2D eigenvalue weighted by Crippen LogP contribution is 2.53. The lowest BCUT2D eigenvalue weighted by Gasteiger charge is -2.26. The van der Waals surface area contributed by atoms with Gasteiger partial charge in [-0.1, -0.05) is 54.6 Å². The minimum absolute atomic E-state index is 0.00746. The van der Waals surface area contributed by atoms with Crippen LogP contribution in [0.25, 0.3) is 0 Å². The van der Waals surface area contributed by atoms with Gasteiger partial charge in [-0.3, -0.25) is 9.59 Å². The number of carbonyl (C=O) groups is 3. The highest BCUT2D eigenvalue weighted by atomic mass is 32.2. The van der Waals surface area contributed by atoms with Crippen LogP contribution in [0.5, 0.6) is 0 Å². The Bertz CT molecular complexity index is 1420. The number of esters is 2. The molecule has 2 bridgehead atoms. The van der Waals surface area contributed by atoms with Crippen molar-refractivity contribution < 1.29 is 45.6 Å². The standard InChI is InChI=1S/C18H15S.C10H8F2O8S/c1-4-10-16(11-5-1)19(17-12-6-2-7-13-17)18-14-8-3-9-15-18;11-10(12,21(16,17)18)9(15)20-6-3-1-2-4(5(3)13)7(6)19-8(2)14/h1-15H;2-4,6-7H,1H2,(H,16,17,18)/q+1;/p-1. The highest BCUT2D eigenvalue weighted by molar-refractivity contribution is 7.97. The van der Waals surface area contributed by atoms with Crippen LogP contribution in [0.1, 0.15) is 6.42 Å². The Kier molecular flexibility index (Phi) is 7.51. The van der Waals surface area contributed by atoms with Crippen LogP contribution in [-0.2, 0) is 44.9 Å². The van der Waals surface area contributed by atoms with Gasteiger partial charge in [0.15, 0.2) is 24.8 Å². The summed E-state index contributed by atoms with van der Waals surface area (Å²) in [7, 11) is -6.26. The smallest absolute Gasteiger partial charge is 0.428 e. The molecule has 0 N–H and O–H groups in total. The molecule has 2 aliphatic carbocycles. The fourth-order valence-electron chi connectivity index (χ4n) is 5.23. The summed E-state index contributed by atoms with van der Waals surface area (Å²) < 4.78 is 66.3. The number of hydrogen-bond donors (Lipinski definition) is 0. The number of ether oxygens (including phenoxy) is 2. The number of halogens is 2. The van der Waals surface area contributed by atoms with E-state index in [0.717, 1.165) is 0 Å². The van der Waals surface area contributed by atoms with Crippen LogP contribution in [0.15, 0.2) is 106 Å². The average molecular weight is 589 g/mol. The summed E-state index contributed by atoms with van der Waals surface area (Å²) in [5, 5.41) is -5.26. The van der Waals surface area contributed by atoms with E-state index in [1.165, 1.54) is 14.7 Å². The summed E-state index contributed by atoms with van der Waals surface area (Å²) in [6, 6.07) is 32.2. The molecule has 1 aliphatic heterocycles. The molecule has 208 valence electrons. The van der Waals surface area contributed by atoms with E-state index in [1.54, 1.807) is 0 Å². The molecule has 0 amide bonds. The molecule has 5 atom stereocenters. The Morgan fingerprint density at radius 1 is 0.850 bits per heavy atom. The first kappa shape index (κ1) is 27.9. The minimum atomic E-state index is -6.24. The fraction of sp³-hybridized carbons (Fsp3) is 0.250. The van der Waals surface area contributed by atoms with Gasteiger partial charge in [0, 0.05) is 0 Å². The summed E-state index contributed by atoms with van der Waals surface area (Å²) in [6.07, 6.45) is -2.68. The van der Waals surface area contributed by atoms with Crippen molar-refractivity contribution >= 4 is 38.7 Å². The SMILES string of the molecule is O=C1OC2C(OC(=O)C(F)(F)S(=O)(=O)[O-])C3CC1C2C3=O.c1ccc([S+](c2ccccc2)c2ccccc2)cc1. The van der Waals surface area contributed by atoms with E-state index in [-0.39, 0.29) is 17.3 Å². The van der Waals surface area contributed by atoms with Gasteiger partial charge in [-0.05, 0) is 42.8 Å². The van der Waals surface area contributed by atoms with Gasteiger partial charge in [-0.15, -0.1) is 0 Å². The Morgan fingerprint density at radius 3 is 1.73 bits per heavy atom. The quantitative estimate of drug-likeness (QED) is 0.243. The fourth-order valence-corrected chi connectivity index (χ4v) is 7.58. The predicted octanol–water partition coefficient (Wildman–Crippen LogP) is 3.58. The summed E-state index contributed by atoms with van der Waals surface area (Å²) >= 11 is 0. The third-order valence-electron chi connectivity index (χ3n) is 7.00. The zero-order valence-corrected chi connectivity index (χ0v) is 22.2. The molecule has 40 heavy (non-hydrogen) atoms. The number of hydrogen-bond acceptors (Lipinski definition) is 8. The maximum Gasteiger partial charge on any atom is 0.428 e. The van der Waals surface area contributed by atoms with Crippen LogP contribution in [-0.4, -0.2) is 48.2 Å². The van der Waals surface area contributed by atoms with Gasteiger partial charge in [0.05, 0.1) is 28.6 Å². The van der Waals surface area contributed by atoms with Gasteiger partial charge in [-0.25, -0.2) is 13.2 Å². The van der Waals surface area contributed by atoms with Gasteiger partial charge in [0.1, 0.15) is 18.0 Å². The molecule has 3 aromatic rings. The van der Waals surface area contributed by atoms with Crippen LogP contribution >= 0.6 is 0 Å². The van der Waals surface area contributed by atoms with E-state index in [4.69, 9.17) is 4.74 Å². The zero-order valence-electron chi connectivity index (χ0n) is 20.6. The second-order valence-corrected chi connectivity index (χ2v) is 12.8. The Labute approximate surface area is 231 Å². The highest BCUT2D eigenvalue weighted by Gasteiger charge is 2.69. The van der Waals surface area contributed by atoms with E-state index in [0.29, 0.717) is 0 Å². The first-order chi connectivity index (χ1) is 19.0. The molecule has 3 aromatic carbocycles. The number of ketones is 1. The Balaban J connectivity index is 0.000000162. The van der Waals surface area contributed by atoms with Crippen LogP contribution in [0.2, 0.25) is 0 Å². The van der Waals surface area contributed by atoms with E-state index < -0.39 is 63.1 Å². The molecule has 0 spiro atoms. The normalized spacial score (nSPS) is 24.9. The average Bonchev–Trinajstić information content (AvgIpc) is 3.50. The van der Waals surface area contributed by atoms with Crippen molar-refractivity contribution in [2.75, 3.05) is 0 Å². The summed E-state index contributed by atoms with van der Waals surface area (Å²) in [5.41, 5.74) is 0. The van der Waals surface area contributed by atoms with Gasteiger partial charge >= 0.3 is 17.2 Å². The monoisotopic (exact) mass is 588 g/mol. The molecule has 0 aromatic heterocycles. The molecule has 3 fully saturated rings. The van der Waals surface area contributed by atoms with Crippen LogP contribution in [0, 0.1) is 17.8 Å².